The predicted octanol–water partition coefficient (Wildman–Crippen LogP) is 1.64. The van der Waals surface area contributed by atoms with Gasteiger partial charge in [-0.1, -0.05) is 17.5 Å². The summed E-state index contributed by atoms with van der Waals surface area (Å²) in [7, 11) is 0. The first-order valence-corrected chi connectivity index (χ1v) is 6.28. The van der Waals surface area contributed by atoms with Crippen LogP contribution in [0.3, 0.4) is 0 Å². The molecule has 1 aromatic heterocycles. The van der Waals surface area contributed by atoms with Crippen molar-refractivity contribution >= 4 is 27.7 Å². The van der Waals surface area contributed by atoms with Crippen molar-refractivity contribution in [2.24, 2.45) is 5.84 Å². The smallest absolute Gasteiger partial charge is 0.337 e. The number of hydrogen-bond acceptors (Lipinski definition) is 6. The summed E-state index contributed by atoms with van der Waals surface area (Å²) in [5.41, 5.74) is 3.52. The highest BCUT2D eigenvalue weighted by molar-refractivity contribution is 7.13. The minimum absolute atomic E-state index is 0.266. The molecule has 0 fully saturated rings. The number of hydrazine groups is 1. The largest absolute Gasteiger partial charge is 0.478 e. The van der Waals surface area contributed by atoms with Gasteiger partial charge in [0.15, 0.2) is 0 Å². The third kappa shape index (κ3) is 3.73. The minimum atomic E-state index is -0.938. The van der Waals surface area contributed by atoms with Gasteiger partial charge in [-0.2, -0.15) is 0 Å². The number of carbonyl (C=O) groups is 1. The van der Waals surface area contributed by atoms with E-state index in [-0.39, 0.29) is 5.56 Å². The summed E-state index contributed by atoms with van der Waals surface area (Å²) in [5.74, 6) is 4.09. The number of aromatic nitrogens is 2. The molecule has 18 heavy (non-hydrogen) atoms. The molecule has 6 nitrogen and oxygen atoms in total. The van der Waals surface area contributed by atoms with Crippen molar-refractivity contribution in [3.8, 4) is 0 Å². The van der Waals surface area contributed by atoms with Crippen LogP contribution in [0.2, 0.25) is 0 Å². The fraction of sp³-hybridized carbons (Fsp3) is 0.364. The number of aromatic carboxylic acids is 1. The summed E-state index contributed by atoms with van der Waals surface area (Å²) in [6.45, 7) is 4.13. The van der Waals surface area contributed by atoms with E-state index in [0.717, 1.165) is 18.0 Å². The molecule has 2 aromatic rings. The van der Waals surface area contributed by atoms with Crippen molar-refractivity contribution in [1.82, 2.24) is 15.0 Å². The van der Waals surface area contributed by atoms with Crippen LogP contribution in [0.25, 0.3) is 10.2 Å². The SMILES string of the molecule is CCC(C)NN.O=C(O)c1cccc2nnsc12. The molecule has 0 radical (unpaired) electrons. The molecule has 0 spiro atoms. The zero-order valence-corrected chi connectivity index (χ0v) is 11.1. The molecule has 2 rings (SSSR count). The van der Waals surface area contributed by atoms with Gasteiger partial charge >= 0.3 is 5.97 Å². The van der Waals surface area contributed by atoms with Crippen molar-refractivity contribution in [1.29, 1.82) is 0 Å². The highest BCUT2D eigenvalue weighted by Crippen LogP contribution is 2.19. The summed E-state index contributed by atoms with van der Waals surface area (Å²) in [5, 5.41) is 12.5. The Kier molecular flexibility index (Phi) is 5.63. The first-order chi connectivity index (χ1) is 8.60. The van der Waals surface area contributed by atoms with E-state index >= 15 is 0 Å². The Bertz CT molecular complexity index is 510. The average molecular weight is 268 g/mol. The Morgan fingerprint density at radius 1 is 1.61 bits per heavy atom. The quantitative estimate of drug-likeness (QED) is 0.578. The van der Waals surface area contributed by atoms with Crippen LogP contribution in [0.4, 0.5) is 0 Å². The van der Waals surface area contributed by atoms with Gasteiger partial charge in [-0.15, -0.1) is 5.10 Å². The van der Waals surface area contributed by atoms with Crippen molar-refractivity contribution in [3.63, 3.8) is 0 Å². The van der Waals surface area contributed by atoms with Crippen LogP contribution in [-0.4, -0.2) is 26.7 Å². The van der Waals surface area contributed by atoms with Crippen molar-refractivity contribution in [3.05, 3.63) is 23.8 Å². The maximum Gasteiger partial charge on any atom is 0.337 e. The van der Waals surface area contributed by atoms with Crippen LogP contribution in [-0.2, 0) is 0 Å². The molecule has 0 aliphatic rings. The number of carboxylic acid groups (broad SMARTS) is 1. The monoisotopic (exact) mass is 268 g/mol. The molecule has 1 aromatic carbocycles. The van der Waals surface area contributed by atoms with Crippen LogP contribution >= 0.6 is 11.5 Å². The summed E-state index contributed by atoms with van der Waals surface area (Å²) in [6.07, 6.45) is 1.09. The topological polar surface area (TPSA) is 101 Å². The molecular weight excluding hydrogens is 252 g/mol. The molecule has 0 aliphatic heterocycles. The number of nitrogens with one attached hydrogen (secondary N) is 1. The van der Waals surface area contributed by atoms with Gasteiger partial charge in [0.2, 0.25) is 0 Å². The van der Waals surface area contributed by atoms with Crippen LogP contribution in [0.15, 0.2) is 18.2 Å². The van der Waals surface area contributed by atoms with Crippen molar-refractivity contribution < 1.29 is 9.90 Å². The number of hydrogen-bond donors (Lipinski definition) is 3. The number of rotatable bonds is 3. The predicted molar refractivity (Wildman–Crippen MR) is 71.5 cm³/mol. The van der Waals surface area contributed by atoms with Gasteiger partial charge in [-0.25, -0.2) is 4.79 Å². The second kappa shape index (κ2) is 7.00. The van der Waals surface area contributed by atoms with E-state index in [0.29, 0.717) is 16.3 Å². The van der Waals surface area contributed by atoms with Gasteiger partial charge in [-0.05, 0) is 37.0 Å². The average Bonchev–Trinajstić information content (AvgIpc) is 2.86. The molecule has 0 aliphatic carbocycles. The van der Waals surface area contributed by atoms with E-state index in [9.17, 15) is 4.79 Å². The van der Waals surface area contributed by atoms with Crippen LogP contribution < -0.4 is 11.3 Å². The van der Waals surface area contributed by atoms with E-state index in [4.69, 9.17) is 10.9 Å². The third-order valence-corrected chi connectivity index (χ3v) is 3.18. The number of carboxylic acids is 1. The number of fused-ring (bicyclic) bond motifs is 1. The van der Waals surface area contributed by atoms with Crippen molar-refractivity contribution in [2.75, 3.05) is 0 Å². The minimum Gasteiger partial charge on any atom is -0.478 e. The number of nitrogens with two attached hydrogens (primary N) is 1. The lowest BCUT2D eigenvalue weighted by Crippen LogP contribution is -2.31. The first kappa shape index (κ1) is 14.5. The Hall–Kier alpha value is -1.57. The van der Waals surface area contributed by atoms with Crippen LogP contribution in [0.5, 0.6) is 0 Å². The van der Waals surface area contributed by atoms with Crippen molar-refractivity contribution in [2.45, 2.75) is 26.3 Å². The summed E-state index contributed by atoms with van der Waals surface area (Å²) in [4.78, 5) is 10.7. The molecule has 1 heterocycles. The van der Waals surface area contributed by atoms with E-state index in [2.05, 4.69) is 21.9 Å². The summed E-state index contributed by atoms with van der Waals surface area (Å²) in [6, 6.07) is 5.41. The molecule has 0 saturated heterocycles. The van der Waals surface area contributed by atoms with E-state index in [1.165, 1.54) is 0 Å². The maximum atomic E-state index is 10.7. The fourth-order valence-electron chi connectivity index (χ4n) is 1.09. The molecule has 0 saturated carbocycles. The standard InChI is InChI=1S/C7H4N2O2S.C4H12N2/c10-7(11)4-2-1-3-5-6(4)12-9-8-5;1-3-4(2)6-5/h1-3H,(H,10,11);4,6H,3,5H2,1-2H3. The Balaban J connectivity index is 0.000000232. The first-order valence-electron chi connectivity index (χ1n) is 5.50. The molecule has 0 amide bonds. The van der Waals surface area contributed by atoms with Gasteiger partial charge in [0.05, 0.1) is 10.3 Å². The van der Waals surface area contributed by atoms with Gasteiger partial charge < -0.3 is 5.11 Å². The Morgan fingerprint density at radius 2 is 2.33 bits per heavy atom. The zero-order valence-electron chi connectivity index (χ0n) is 10.3. The van der Waals surface area contributed by atoms with E-state index in [1.807, 2.05) is 6.92 Å². The molecule has 98 valence electrons. The van der Waals surface area contributed by atoms with E-state index in [1.54, 1.807) is 18.2 Å². The fourth-order valence-corrected chi connectivity index (χ4v) is 1.76. The summed E-state index contributed by atoms with van der Waals surface area (Å²) >= 11 is 1.10. The van der Waals surface area contributed by atoms with Gasteiger partial charge in [0, 0.05) is 6.04 Å². The van der Waals surface area contributed by atoms with Gasteiger partial charge in [0.1, 0.15) is 5.52 Å². The highest BCUT2D eigenvalue weighted by Gasteiger charge is 2.09. The molecule has 1 unspecified atom stereocenters. The molecule has 7 heteroatoms. The lowest BCUT2D eigenvalue weighted by molar-refractivity contribution is 0.0699. The summed E-state index contributed by atoms with van der Waals surface area (Å²) < 4.78 is 4.30. The maximum absolute atomic E-state index is 10.7. The molecule has 4 N–H and O–H groups in total. The lowest BCUT2D eigenvalue weighted by atomic mass is 10.2. The Labute approximate surface area is 109 Å². The van der Waals surface area contributed by atoms with Crippen LogP contribution in [0.1, 0.15) is 30.6 Å². The van der Waals surface area contributed by atoms with Crippen LogP contribution in [0, 0.1) is 0 Å². The highest BCUT2D eigenvalue weighted by atomic mass is 32.1. The molecular formula is C11H16N4O2S. The second-order valence-corrected chi connectivity index (χ2v) is 4.46. The lowest BCUT2D eigenvalue weighted by Gasteiger charge is -2.02. The normalized spacial score (nSPS) is 11.7. The second-order valence-electron chi connectivity index (χ2n) is 3.71. The molecule has 1 atom stereocenters. The van der Waals surface area contributed by atoms with E-state index < -0.39 is 5.97 Å². The Morgan fingerprint density at radius 3 is 2.83 bits per heavy atom. The third-order valence-electron chi connectivity index (χ3n) is 2.40. The van der Waals surface area contributed by atoms with Gasteiger partial charge in [0.25, 0.3) is 0 Å². The zero-order chi connectivity index (χ0) is 13.5. The number of nitrogens with zero attached hydrogens (tertiary/aromatic N) is 2. The molecule has 0 bridgehead atoms. The van der Waals surface area contributed by atoms with Gasteiger partial charge in [-0.3, -0.25) is 11.3 Å². The number of benzene rings is 1.